The number of amides is 1. The molecule has 7 heteroatoms. The first-order valence-corrected chi connectivity index (χ1v) is 9.05. The monoisotopic (exact) mass is 476 g/mol. The van der Waals surface area contributed by atoms with Gasteiger partial charge in [-0.2, -0.15) is 0 Å². The summed E-state index contributed by atoms with van der Waals surface area (Å²) in [4.78, 5) is 18.5. The van der Waals surface area contributed by atoms with E-state index in [1.54, 1.807) is 4.90 Å². The summed E-state index contributed by atoms with van der Waals surface area (Å²) in [6.45, 7) is 8.16. The van der Waals surface area contributed by atoms with Crippen molar-refractivity contribution in [3.8, 4) is 0 Å². The molecule has 1 amide bonds. The number of nitrogens with zero attached hydrogens (tertiary/aromatic N) is 2. The molecule has 1 aromatic rings. The molecule has 0 unspecified atom stereocenters. The number of nitrogens with one attached hydrogen (secondary N) is 2. The van der Waals surface area contributed by atoms with E-state index >= 15 is 0 Å². The van der Waals surface area contributed by atoms with Crippen LogP contribution in [0.5, 0.6) is 0 Å². The number of aliphatic imine (C=N–C) groups is 1. The molecule has 0 saturated heterocycles. The second-order valence-corrected chi connectivity index (χ2v) is 5.72. The van der Waals surface area contributed by atoms with E-state index in [0.717, 1.165) is 37.7 Å². The van der Waals surface area contributed by atoms with Crippen molar-refractivity contribution < 1.29 is 9.53 Å². The Kier molecular flexibility index (Phi) is 15.0. The number of hydrogen-bond donors (Lipinski definition) is 2. The standard InChI is InChI=1S/C19H32N4O2.HI/c1-4-20-19(21-13-9-15-25-5-2)22-14-12-18(24)23(3)16-17-10-7-6-8-11-17;/h6-8,10-11H,4-5,9,12-16H2,1-3H3,(H2,20,21,22);1H. The molecule has 148 valence electrons. The molecule has 0 aliphatic rings. The zero-order valence-corrected chi connectivity index (χ0v) is 18.5. The van der Waals surface area contributed by atoms with E-state index in [-0.39, 0.29) is 29.9 Å². The number of hydrogen-bond acceptors (Lipinski definition) is 3. The highest BCUT2D eigenvalue weighted by molar-refractivity contribution is 14.0. The first-order chi connectivity index (χ1) is 12.2. The molecule has 0 fully saturated rings. The Bertz CT molecular complexity index is 512. The molecule has 0 aliphatic carbocycles. The summed E-state index contributed by atoms with van der Waals surface area (Å²) in [5, 5.41) is 6.40. The quantitative estimate of drug-likeness (QED) is 0.223. The van der Waals surface area contributed by atoms with Crippen LogP contribution in [0.2, 0.25) is 0 Å². The lowest BCUT2D eigenvalue weighted by Crippen LogP contribution is -2.39. The van der Waals surface area contributed by atoms with Gasteiger partial charge in [0.1, 0.15) is 0 Å². The van der Waals surface area contributed by atoms with Gasteiger partial charge in [-0.3, -0.25) is 9.79 Å². The van der Waals surface area contributed by atoms with Crippen molar-refractivity contribution >= 4 is 35.8 Å². The van der Waals surface area contributed by atoms with Gasteiger partial charge >= 0.3 is 0 Å². The molecule has 26 heavy (non-hydrogen) atoms. The van der Waals surface area contributed by atoms with E-state index in [9.17, 15) is 4.79 Å². The average molecular weight is 476 g/mol. The molecule has 0 heterocycles. The van der Waals surface area contributed by atoms with Gasteiger partial charge in [0.15, 0.2) is 5.96 Å². The third-order valence-corrected chi connectivity index (χ3v) is 3.58. The number of carbonyl (C=O) groups excluding carboxylic acids is 1. The molecule has 0 atom stereocenters. The molecule has 0 bridgehead atoms. The number of rotatable bonds is 11. The maximum absolute atomic E-state index is 12.2. The van der Waals surface area contributed by atoms with E-state index in [4.69, 9.17) is 4.74 Å². The summed E-state index contributed by atoms with van der Waals surface area (Å²) in [6, 6.07) is 10.0. The van der Waals surface area contributed by atoms with Crippen molar-refractivity contribution in [2.45, 2.75) is 33.2 Å². The Balaban J connectivity index is 0.00000625. The largest absolute Gasteiger partial charge is 0.382 e. The minimum absolute atomic E-state index is 0. The van der Waals surface area contributed by atoms with Crippen LogP contribution in [-0.2, 0) is 16.1 Å². The van der Waals surface area contributed by atoms with Crippen LogP contribution < -0.4 is 10.6 Å². The fourth-order valence-corrected chi connectivity index (χ4v) is 2.27. The third kappa shape index (κ3) is 11.3. The van der Waals surface area contributed by atoms with Crippen molar-refractivity contribution in [2.24, 2.45) is 4.99 Å². The van der Waals surface area contributed by atoms with Gasteiger partial charge in [-0.25, -0.2) is 0 Å². The lowest BCUT2D eigenvalue weighted by Gasteiger charge is -2.18. The van der Waals surface area contributed by atoms with Crippen molar-refractivity contribution in [1.29, 1.82) is 0 Å². The van der Waals surface area contributed by atoms with Crippen LogP contribution in [0.25, 0.3) is 0 Å². The number of ether oxygens (including phenoxy) is 1. The van der Waals surface area contributed by atoms with Gasteiger partial charge < -0.3 is 20.3 Å². The zero-order chi connectivity index (χ0) is 18.3. The summed E-state index contributed by atoms with van der Waals surface area (Å²) in [5.41, 5.74) is 1.13. The van der Waals surface area contributed by atoms with Crippen molar-refractivity contribution in [3.05, 3.63) is 35.9 Å². The first kappa shape index (κ1) is 24.7. The molecule has 0 spiro atoms. The SMILES string of the molecule is CCNC(=NCCCOCC)NCCC(=O)N(C)Cc1ccccc1.I. The summed E-state index contributed by atoms with van der Waals surface area (Å²) < 4.78 is 5.30. The molecule has 6 nitrogen and oxygen atoms in total. The Labute approximate surface area is 174 Å². The molecule has 1 rings (SSSR count). The van der Waals surface area contributed by atoms with E-state index in [1.165, 1.54) is 0 Å². The Morgan fingerprint density at radius 3 is 2.58 bits per heavy atom. The minimum Gasteiger partial charge on any atom is -0.382 e. The number of carbonyl (C=O) groups is 1. The Morgan fingerprint density at radius 1 is 1.19 bits per heavy atom. The molecule has 0 aromatic heterocycles. The first-order valence-electron chi connectivity index (χ1n) is 9.05. The summed E-state index contributed by atoms with van der Waals surface area (Å²) in [5.74, 6) is 0.862. The third-order valence-electron chi connectivity index (χ3n) is 3.58. The van der Waals surface area contributed by atoms with Crippen LogP contribution in [0.15, 0.2) is 35.3 Å². The van der Waals surface area contributed by atoms with Crippen LogP contribution >= 0.6 is 24.0 Å². The molecule has 1 aromatic carbocycles. The Morgan fingerprint density at radius 2 is 1.92 bits per heavy atom. The van der Waals surface area contributed by atoms with Crippen LogP contribution in [0.3, 0.4) is 0 Å². The van der Waals surface area contributed by atoms with Crippen LogP contribution in [0.4, 0.5) is 0 Å². The van der Waals surface area contributed by atoms with E-state index in [2.05, 4.69) is 15.6 Å². The zero-order valence-electron chi connectivity index (χ0n) is 16.2. The fourth-order valence-electron chi connectivity index (χ4n) is 2.27. The van der Waals surface area contributed by atoms with Gasteiger partial charge in [-0.15, -0.1) is 24.0 Å². The second kappa shape index (κ2) is 15.9. The van der Waals surface area contributed by atoms with Gasteiger partial charge in [-0.05, 0) is 25.8 Å². The maximum Gasteiger partial charge on any atom is 0.224 e. The number of guanidine groups is 1. The van der Waals surface area contributed by atoms with Gasteiger partial charge in [-0.1, -0.05) is 30.3 Å². The van der Waals surface area contributed by atoms with E-state index in [1.807, 2.05) is 51.2 Å². The van der Waals surface area contributed by atoms with Crippen LogP contribution in [-0.4, -0.2) is 56.7 Å². The number of halogens is 1. The van der Waals surface area contributed by atoms with Crippen molar-refractivity contribution in [3.63, 3.8) is 0 Å². The maximum atomic E-state index is 12.2. The predicted molar refractivity (Wildman–Crippen MR) is 118 cm³/mol. The van der Waals surface area contributed by atoms with Gasteiger partial charge in [0.2, 0.25) is 5.91 Å². The molecule has 2 N–H and O–H groups in total. The lowest BCUT2D eigenvalue weighted by molar-refractivity contribution is -0.130. The highest BCUT2D eigenvalue weighted by Gasteiger charge is 2.09. The van der Waals surface area contributed by atoms with Crippen LogP contribution in [0, 0.1) is 0 Å². The lowest BCUT2D eigenvalue weighted by atomic mass is 10.2. The van der Waals surface area contributed by atoms with E-state index < -0.39 is 0 Å². The highest BCUT2D eigenvalue weighted by Crippen LogP contribution is 2.03. The minimum atomic E-state index is 0. The van der Waals surface area contributed by atoms with E-state index in [0.29, 0.717) is 26.1 Å². The summed E-state index contributed by atoms with van der Waals surface area (Å²) in [6.07, 6.45) is 1.33. The van der Waals surface area contributed by atoms with Crippen LogP contribution in [0.1, 0.15) is 32.3 Å². The second-order valence-electron chi connectivity index (χ2n) is 5.72. The topological polar surface area (TPSA) is 66.0 Å². The fraction of sp³-hybridized carbons (Fsp3) is 0.579. The van der Waals surface area contributed by atoms with Crippen molar-refractivity contribution in [1.82, 2.24) is 15.5 Å². The smallest absolute Gasteiger partial charge is 0.224 e. The molecule has 0 aliphatic heterocycles. The normalized spacial score (nSPS) is 10.8. The molecule has 0 radical (unpaired) electrons. The van der Waals surface area contributed by atoms with Crippen molar-refractivity contribution in [2.75, 3.05) is 39.9 Å². The average Bonchev–Trinajstić information content (AvgIpc) is 2.62. The molecular weight excluding hydrogens is 443 g/mol. The highest BCUT2D eigenvalue weighted by atomic mass is 127. The summed E-state index contributed by atoms with van der Waals surface area (Å²) >= 11 is 0. The molecule has 0 saturated carbocycles. The summed E-state index contributed by atoms with van der Waals surface area (Å²) in [7, 11) is 1.84. The van der Waals surface area contributed by atoms with Gasteiger partial charge in [0.05, 0.1) is 0 Å². The van der Waals surface area contributed by atoms with Gasteiger partial charge in [0, 0.05) is 52.9 Å². The predicted octanol–water partition coefficient (Wildman–Crippen LogP) is 2.63. The number of benzene rings is 1. The van der Waals surface area contributed by atoms with Gasteiger partial charge in [0.25, 0.3) is 0 Å². The molecular formula is C19H33IN4O2. The Hall–Kier alpha value is -1.35.